The molecular weight excluding hydrogens is 274 g/mol. The molecular formula is C14H13N3O2S. The summed E-state index contributed by atoms with van der Waals surface area (Å²) in [6.45, 7) is 1.74. The molecule has 0 spiro atoms. The predicted octanol–water partition coefficient (Wildman–Crippen LogP) is 2.25. The number of nitrogens with zero attached hydrogens (tertiary/aromatic N) is 1. The summed E-state index contributed by atoms with van der Waals surface area (Å²) in [6.07, 6.45) is 0. The maximum Gasteiger partial charge on any atom is 0.261 e. The molecule has 0 bridgehead atoms. The van der Waals surface area contributed by atoms with E-state index in [-0.39, 0.29) is 10.5 Å². The van der Waals surface area contributed by atoms with E-state index in [1.807, 2.05) is 6.07 Å². The van der Waals surface area contributed by atoms with Crippen LogP contribution in [0.3, 0.4) is 0 Å². The van der Waals surface area contributed by atoms with Crippen LogP contribution in [0.25, 0.3) is 0 Å². The normalized spacial score (nSPS) is 10.8. The van der Waals surface area contributed by atoms with Crippen molar-refractivity contribution in [2.45, 2.75) is 11.8 Å². The molecule has 2 aromatic carbocycles. The average Bonchev–Trinajstić information content (AvgIpc) is 2.44. The highest BCUT2D eigenvalue weighted by atomic mass is 32.2. The smallest absolute Gasteiger partial charge is 0.261 e. The molecule has 6 heteroatoms. The second-order valence-electron chi connectivity index (χ2n) is 4.26. The third-order valence-electron chi connectivity index (χ3n) is 2.89. The van der Waals surface area contributed by atoms with Gasteiger partial charge in [0.25, 0.3) is 10.0 Å². The van der Waals surface area contributed by atoms with Crippen molar-refractivity contribution in [3.63, 3.8) is 0 Å². The van der Waals surface area contributed by atoms with Crippen molar-refractivity contribution in [2.24, 2.45) is 0 Å². The van der Waals surface area contributed by atoms with Crippen LogP contribution in [0.5, 0.6) is 0 Å². The van der Waals surface area contributed by atoms with Crippen molar-refractivity contribution < 1.29 is 8.42 Å². The van der Waals surface area contributed by atoms with Crippen LogP contribution in [0.4, 0.5) is 11.4 Å². The molecule has 3 N–H and O–H groups in total. The van der Waals surface area contributed by atoms with Crippen LogP contribution in [-0.2, 0) is 10.0 Å². The number of nitrogens with two attached hydrogens (primary N) is 1. The maximum atomic E-state index is 12.3. The summed E-state index contributed by atoms with van der Waals surface area (Å²) in [5.74, 6) is 0. The lowest BCUT2D eigenvalue weighted by molar-refractivity contribution is 0.601. The summed E-state index contributed by atoms with van der Waals surface area (Å²) in [4.78, 5) is 0.0402. The van der Waals surface area contributed by atoms with Crippen molar-refractivity contribution in [2.75, 3.05) is 10.5 Å². The molecule has 0 radical (unpaired) electrons. The van der Waals surface area contributed by atoms with Gasteiger partial charge in [0.15, 0.2) is 0 Å². The van der Waals surface area contributed by atoms with E-state index >= 15 is 0 Å². The molecule has 0 aliphatic heterocycles. The zero-order valence-corrected chi connectivity index (χ0v) is 11.6. The number of sulfonamides is 1. The molecule has 0 atom stereocenters. The van der Waals surface area contributed by atoms with Crippen LogP contribution in [0.1, 0.15) is 11.1 Å². The number of nitriles is 1. The number of hydrogen-bond acceptors (Lipinski definition) is 4. The molecule has 2 aromatic rings. The summed E-state index contributed by atoms with van der Waals surface area (Å²) in [7, 11) is -3.74. The Morgan fingerprint density at radius 2 is 1.90 bits per heavy atom. The summed E-state index contributed by atoms with van der Waals surface area (Å²) < 4.78 is 27.0. The van der Waals surface area contributed by atoms with Crippen LogP contribution in [0, 0.1) is 18.3 Å². The monoisotopic (exact) mass is 287 g/mol. The third-order valence-corrected chi connectivity index (χ3v) is 4.26. The van der Waals surface area contributed by atoms with Crippen molar-refractivity contribution in [3.05, 3.63) is 53.6 Å². The first-order valence-electron chi connectivity index (χ1n) is 5.82. The van der Waals surface area contributed by atoms with Crippen LogP contribution < -0.4 is 10.5 Å². The molecule has 102 valence electrons. The van der Waals surface area contributed by atoms with Gasteiger partial charge in [-0.15, -0.1) is 0 Å². The molecule has 2 rings (SSSR count). The second kappa shape index (κ2) is 5.23. The minimum Gasteiger partial charge on any atom is -0.398 e. The van der Waals surface area contributed by atoms with Gasteiger partial charge in [0, 0.05) is 5.69 Å². The van der Waals surface area contributed by atoms with Gasteiger partial charge in [0.05, 0.1) is 22.2 Å². The minimum atomic E-state index is -3.74. The maximum absolute atomic E-state index is 12.3. The van der Waals surface area contributed by atoms with E-state index in [9.17, 15) is 8.42 Å². The van der Waals surface area contributed by atoms with Gasteiger partial charge >= 0.3 is 0 Å². The highest BCUT2D eigenvalue weighted by Gasteiger charge is 2.16. The molecule has 0 aliphatic rings. The van der Waals surface area contributed by atoms with Crippen molar-refractivity contribution in [1.29, 1.82) is 5.26 Å². The van der Waals surface area contributed by atoms with Gasteiger partial charge in [-0.25, -0.2) is 8.42 Å². The quantitative estimate of drug-likeness (QED) is 0.846. The molecule has 20 heavy (non-hydrogen) atoms. The highest BCUT2D eigenvalue weighted by molar-refractivity contribution is 7.92. The summed E-state index contributed by atoms with van der Waals surface area (Å²) >= 11 is 0. The van der Waals surface area contributed by atoms with Crippen molar-refractivity contribution in [1.82, 2.24) is 0 Å². The number of benzene rings is 2. The fourth-order valence-corrected chi connectivity index (χ4v) is 2.87. The highest BCUT2D eigenvalue weighted by Crippen LogP contribution is 2.23. The van der Waals surface area contributed by atoms with Crippen molar-refractivity contribution in [3.8, 4) is 6.07 Å². The largest absolute Gasteiger partial charge is 0.398 e. The molecule has 0 amide bonds. The first-order valence-corrected chi connectivity index (χ1v) is 7.30. The van der Waals surface area contributed by atoms with Crippen LogP contribution in [0.15, 0.2) is 47.4 Å². The Morgan fingerprint density at radius 3 is 2.60 bits per heavy atom. The average molecular weight is 287 g/mol. The fraction of sp³-hybridized carbons (Fsp3) is 0.0714. The number of nitrogens with one attached hydrogen (secondary N) is 1. The number of nitrogen functional groups attached to an aromatic ring is 1. The SMILES string of the molecule is Cc1c(N)cccc1NS(=O)(=O)c1cccc(C#N)c1. The first-order chi connectivity index (χ1) is 9.44. The lowest BCUT2D eigenvalue weighted by atomic mass is 10.2. The lowest BCUT2D eigenvalue weighted by Crippen LogP contribution is -2.14. The summed E-state index contributed by atoms with van der Waals surface area (Å²) in [6, 6.07) is 12.8. The second-order valence-corrected chi connectivity index (χ2v) is 5.95. The summed E-state index contributed by atoms with van der Waals surface area (Å²) in [5, 5.41) is 8.82. The van der Waals surface area contributed by atoms with Gasteiger partial charge in [-0.1, -0.05) is 12.1 Å². The number of anilines is 2. The minimum absolute atomic E-state index is 0.0402. The van der Waals surface area contributed by atoms with Gasteiger partial charge in [-0.2, -0.15) is 5.26 Å². The fourth-order valence-electron chi connectivity index (χ4n) is 1.70. The Labute approximate surface area is 117 Å². The van der Waals surface area contributed by atoms with Gasteiger partial charge in [-0.05, 0) is 42.8 Å². The van der Waals surface area contributed by atoms with Crippen molar-refractivity contribution >= 4 is 21.4 Å². The summed E-state index contributed by atoms with van der Waals surface area (Å²) in [5.41, 5.74) is 7.63. The van der Waals surface area contributed by atoms with E-state index in [1.54, 1.807) is 31.2 Å². The Hall–Kier alpha value is -2.52. The standard InChI is InChI=1S/C14H13N3O2S/c1-10-13(16)6-3-7-14(10)17-20(18,19)12-5-2-4-11(8-12)9-15/h2-8,17H,16H2,1H3. The van der Waals surface area contributed by atoms with Gasteiger partial charge in [-0.3, -0.25) is 4.72 Å². The Morgan fingerprint density at radius 1 is 1.20 bits per heavy atom. The van der Waals surface area contributed by atoms with Gasteiger partial charge < -0.3 is 5.73 Å². The Bertz CT molecular complexity index is 792. The predicted molar refractivity (Wildman–Crippen MR) is 77.6 cm³/mol. The molecule has 0 heterocycles. The van der Waals surface area contributed by atoms with Gasteiger partial charge in [0.1, 0.15) is 0 Å². The number of hydrogen-bond donors (Lipinski definition) is 2. The van der Waals surface area contributed by atoms with Crippen LogP contribution in [0.2, 0.25) is 0 Å². The molecule has 0 aromatic heterocycles. The zero-order valence-electron chi connectivity index (χ0n) is 10.8. The van der Waals surface area contributed by atoms with E-state index < -0.39 is 10.0 Å². The van der Waals surface area contributed by atoms with E-state index in [2.05, 4.69) is 4.72 Å². The van der Waals surface area contributed by atoms with E-state index in [0.29, 0.717) is 16.9 Å². The Kier molecular flexibility index (Phi) is 3.63. The molecule has 0 unspecified atom stereocenters. The van der Waals surface area contributed by atoms with E-state index in [4.69, 9.17) is 11.0 Å². The molecule has 0 aliphatic carbocycles. The molecule has 0 saturated heterocycles. The first kappa shape index (κ1) is 13.9. The number of rotatable bonds is 3. The van der Waals surface area contributed by atoms with E-state index in [0.717, 1.165) is 0 Å². The van der Waals surface area contributed by atoms with Crippen LogP contribution in [-0.4, -0.2) is 8.42 Å². The van der Waals surface area contributed by atoms with Gasteiger partial charge in [0.2, 0.25) is 0 Å². The zero-order chi connectivity index (χ0) is 14.8. The topological polar surface area (TPSA) is 96.0 Å². The Balaban J connectivity index is 2.41. The molecule has 0 saturated carbocycles. The lowest BCUT2D eigenvalue weighted by Gasteiger charge is -2.12. The van der Waals surface area contributed by atoms with E-state index in [1.165, 1.54) is 18.2 Å². The molecule has 0 fully saturated rings. The van der Waals surface area contributed by atoms with Crippen LogP contribution >= 0.6 is 0 Å². The molecule has 5 nitrogen and oxygen atoms in total. The third kappa shape index (κ3) is 2.73.